The van der Waals surface area contributed by atoms with Crippen LogP contribution in [0, 0.1) is 5.92 Å². The molecule has 0 heterocycles. The molecule has 1 unspecified atom stereocenters. The lowest BCUT2D eigenvalue weighted by molar-refractivity contribution is -0.124. The van der Waals surface area contributed by atoms with Crippen molar-refractivity contribution in [3.8, 4) is 0 Å². The van der Waals surface area contributed by atoms with Gasteiger partial charge in [-0.25, -0.2) is 0 Å². The summed E-state index contributed by atoms with van der Waals surface area (Å²) in [7, 11) is 0. The van der Waals surface area contributed by atoms with Crippen LogP contribution in [0.1, 0.15) is 32.8 Å². The molecule has 19 heavy (non-hydrogen) atoms. The summed E-state index contributed by atoms with van der Waals surface area (Å²) in [6.07, 6.45) is 0.724. The van der Waals surface area contributed by atoms with Crippen LogP contribution >= 0.6 is 15.9 Å². The van der Waals surface area contributed by atoms with Gasteiger partial charge in [0.2, 0.25) is 5.91 Å². The van der Waals surface area contributed by atoms with Crippen molar-refractivity contribution in [2.75, 3.05) is 13.1 Å². The first-order valence-corrected chi connectivity index (χ1v) is 7.40. The van der Waals surface area contributed by atoms with Gasteiger partial charge in [0.15, 0.2) is 0 Å². The molecule has 4 heteroatoms. The molecule has 0 bridgehead atoms. The molecular formula is C15H23BrN2O. The fourth-order valence-corrected chi connectivity index (χ4v) is 2.79. The number of carbonyl (C=O) groups excluding carboxylic acids is 1. The molecule has 1 aromatic rings. The van der Waals surface area contributed by atoms with E-state index < -0.39 is 0 Å². The van der Waals surface area contributed by atoms with E-state index >= 15 is 0 Å². The third-order valence-electron chi connectivity index (χ3n) is 3.35. The van der Waals surface area contributed by atoms with Crippen LogP contribution in [0.4, 0.5) is 0 Å². The molecule has 0 aromatic heterocycles. The molecule has 0 saturated carbocycles. The van der Waals surface area contributed by atoms with E-state index in [9.17, 15) is 4.79 Å². The van der Waals surface area contributed by atoms with Crippen molar-refractivity contribution in [2.45, 2.75) is 32.6 Å². The molecule has 0 aliphatic heterocycles. The quantitative estimate of drug-likeness (QED) is 0.844. The fourth-order valence-electron chi connectivity index (χ4n) is 1.97. The third kappa shape index (κ3) is 4.62. The third-order valence-corrected chi connectivity index (χ3v) is 4.05. The Bertz CT molecular complexity index is 432. The van der Waals surface area contributed by atoms with E-state index in [4.69, 9.17) is 5.73 Å². The van der Waals surface area contributed by atoms with Crippen molar-refractivity contribution in [3.63, 3.8) is 0 Å². The van der Waals surface area contributed by atoms with E-state index in [1.165, 1.54) is 5.56 Å². The Morgan fingerprint density at radius 1 is 1.42 bits per heavy atom. The molecule has 0 aliphatic rings. The number of nitrogens with one attached hydrogen (secondary N) is 1. The predicted octanol–water partition coefficient (Wildman–Crippen LogP) is 2.83. The minimum Gasteiger partial charge on any atom is -0.355 e. The van der Waals surface area contributed by atoms with Crippen LogP contribution < -0.4 is 11.1 Å². The van der Waals surface area contributed by atoms with E-state index in [2.05, 4.69) is 41.2 Å². The molecule has 106 valence electrons. The molecule has 0 spiro atoms. The number of nitrogens with two attached hydrogens (primary N) is 1. The monoisotopic (exact) mass is 326 g/mol. The van der Waals surface area contributed by atoms with Crippen molar-refractivity contribution in [1.82, 2.24) is 5.32 Å². The zero-order chi connectivity index (χ0) is 14.5. The van der Waals surface area contributed by atoms with Crippen LogP contribution in [0.25, 0.3) is 0 Å². The van der Waals surface area contributed by atoms with Gasteiger partial charge in [-0.1, -0.05) is 54.9 Å². The topological polar surface area (TPSA) is 55.1 Å². The minimum atomic E-state index is -0.113. The number of halogens is 1. The summed E-state index contributed by atoms with van der Waals surface area (Å²) in [4.78, 5) is 11.9. The summed E-state index contributed by atoms with van der Waals surface area (Å²) >= 11 is 3.56. The summed E-state index contributed by atoms with van der Waals surface area (Å²) in [6, 6.07) is 8.11. The van der Waals surface area contributed by atoms with Crippen molar-refractivity contribution in [3.05, 3.63) is 34.3 Å². The van der Waals surface area contributed by atoms with Crippen molar-refractivity contribution >= 4 is 21.8 Å². The smallest absolute Gasteiger partial charge is 0.222 e. The predicted molar refractivity (Wildman–Crippen MR) is 83.0 cm³/mol. The van der Waals surface area contributed by atoms with Gasteiger partial charge in [0.25, 0.3) is 0 Å². The summed E-state index contributed by atoms with van der Waals surface area (Å²) < 4.78 is 1.07. The molecule has 0 saturated heterocycles. The number of rotatable bonds is 6. The molecule has 0 fully saturated rings. The van der Waals surface area contributed by atoms with Gasteiger partial charge >= 0.3 is 0 Å². The second-order valence-electron chi connectivity index (χ2n) is 5.56. The van der Waals surface area contributed by atoms with Gasteiger partial charge in [0.05, 0.1) is 0 Å². The van der Waals surface area contributed by atoms with Crippen LogP contribution in [0.3, 0.4) is 0 Å². The first-order valence-electron chi connectivity index (χ1n) is 6.61. The molecule has 1 amide bonds. The van der Waals surface area contributed by atoms with E-state index in [0.29, 0.717) is 13.1 Å². The largest absolute Gasteiger partial charge is 0.355 e. The normalized spacial score (nSPS) is 13.1. The lowest BCUT2D eigenvalue weighted by Gasteiger charge is -2.27. The van der Waals surface area contributed by atoms with E-state index in [1.54, 1.807) is 0 Å². The second-order valence-corrected chi connectivity index (χ2v) is 6.41. The second kappa shape index (κ2) is 7.06. The Morgan fingerprint density at radius 3 is 2.63 bits per heavy atom. The number of benzene rings is 1. The Kier molecular flexibility index (Phi) is 6.01. The summed E-state index contributed by atoms with van der Waals surface area (Å²) in [5, 5.41) is 3.02. The maximum atomic E-state index is 11.9. The average molecular weight is 327 g/mol. The Hall–Kier alpha value is -0.870. The highest BCUT2D eigenvalue weighted by molar-refractivity contribution is 9.10. The van der Waals surface area contributed by atoms with Gasteiger partial charge in [-0.2, -0.15) is 0 Å². The fraction of sp³-hybridized carbons (Fsp3) is 0.533. The average Bonchev–Trinajstić information content (AvgIpc) is 2.36. The Morgan fingerprint density at radius 2 is 2.05 bits per heavy atom. The SMILES string of the molecule is CC(CCN)C(=O)NCC(C)(C)c1ccccc1Br. The van der Waals surface area contributed by atoms with Crippen molar-refractivity contribution < 1.29 is 4.79 Å². The number of hydrogen-bond acceptors (Lipinski definition) is 2. The zero-order valence-corrected chi connectivity index (χ0v) is 13.5. The highest BCUT2D eigenvalue weighted by atomic mass is 79.9. The van der Waals surface area contributed by atoms with Crippen LogP contribution in [-0.2, 0) is 10.2 Å². The van der Waals surface area contributed by atoms with Crippen LogP contribution in [0.5, 0.6) is 0 Å². The van der Waals surface area contributed by atoms with Gasteiger partial charge < -0.3 is 11.1 Å². The molecular weight excluding hydrogens is 304 g/mol. The van der Waals surface area contributed by atoms with E-state index in [-0.39, 0.29) is 17.2 Å². The minimum absolute atomic E-state index is 0.0278. The lowest BCUT2D eigenvalue weighted by Crippen LogP contribution is -2.39. The number of amides is 1. The number of carbonyl (C=O) groups is 1. The summed E-state index contributed by atoms with van der Waals surface area (Å²) in [5.74, 6) is 0.0468. The highest BCUT2D eigenvalue weighted by Gasteiger charge is 2.24. The van der Waals surface area contributed by atoms with Gasteiger partial charge in [-0.3, -0.25) is 4.79 Å². The molecule has 0 aliphatic carbocycles. The van der Waals surface area contributed by atoms with Crippen LogP contribution in [-0.4, -0.2) is 19.0 Å². The molecule has 1 aromatic carbocycles. The van der Waals surface area contributed by atoms with E-state index in [0.717, 1.165) is 10.9 Å². The highest BCUT2D eigenvalue weighted by Crippen LogP contribution is 2.29. The van der Waals surface area contributed by atoms with E-state index in [1.807, 2.05) is 25.1 Å². The van der Waals surface area contributed by atoms with Crippen LogP contribution in [0.2, 0.25) is 0 Å². The molecule has 3 nitrogen and oxygen atoms in total. The summed E-state index contributed by atoms with van der Waals surface area (Å²) in [6.45, 7) is 7.32. The number of hydrogen-bond donors (Lipinski definition) is 2. The first-order chi connectivity index (χ1) is 8.88. The molecule has 3 N–H and O–H groups in total. The summed E-state index contributed by atoms with van der Waals surface area (Å²) in [5.41, 5.74) is 6.56. The van der Waals surface area contributed by atoms with Crippen LogP contribution in [0.15, 0.2) is 28.7 Å². The standard InChI is InChI=1S/C15H23BrN2O/c1-11(8-9-17)14(19)18-10-15(2,3)12-6-4-5-7-13(12)16/h4-7,11H,8-10,17H2,1-3H3,(H,18,19). The molecule has 0 radical (unpaired) electrons. The zero-order valence-electron chi connectivity index (χ0n) is 11.9. The lowest BCUT2D eigenvalue weighted by atomic mass is 9.84. The van der Waals surface area contributed by atoms with Crippen molar-refractivity contribution in [1.29, 1.82) is 0 Å². The Balaban J connectivity index is 2.66. The maximum Gasteiger partial charge on any atom is 0.222 e. The van der Waals surface area contributed by atoms with Gasteiger partial charge in [-0.15, -0.1) is 0 Å². The molecule has 1 rings (SSSR count). The maximum absolute atomic E-state index is 11.9. The Labute approximate surface area is 124 Å². The van der Waals surface area contributed by atoms with Crippen molar-refractivity contribution in [2.24, 2.45) is 11.7 Å². The van der Waals surface area contributed by atoms with Gasteiger partial charge in [0.1, 0.15) is 0 Å². The first kappa shape index (κ1) is 16.2. The van der Waals surface area contributed by atoms with Gasteiger partial charge in [-0.05, 0) is 24.6 Å². The molecule has 1 atom stereocenters. The van der Waals surface area contributed by atoms with Gasteiger partial charge in [0, 0.05) is 22.4 Å².